The molecule has 1 heterocycles. The van der Waals surface area contributed by atoms with Gasteiger partial charge in [0.2, 0.25) is 0 Å². The molecule has 2 aromatic carbocycles. The fourth-order valence-corrected chi connectivity index (χ4v) is 3.45. The van der Waals surface area contributed by atoms with E-state index in [1.54, 1.807) is 12.1 Å². The number of benzene rings is 2. The molecule has 0 bridgehead atoms. The van der Waals surface area contributed by atoms with Crippen molar-refractivity contribution in [1.29, 1.82) is 0 Å². The van der Waals surface area contributed by atoms with Gasteiger partial charge in [0.15, 0.2) is 0 Å². The topological polar surface area (TPSA) is 18.5 Å². The minimum atomic E-state index is -4.40. The SMILES string of the molecule is CC/C(=C(/B1OC(C)(C)C(C)(C)O1)c1ccc(F)cc1)c1ccc(C(F)(F)F)cc1. The molecule has 0 saturated carbocycles. The van der Waals surface area contributed by atoms with E-state index in [0.717, 1.165) is 17.7 Å². The number of alkyl halides is 3. The van der Waals surface area contributed by atoms with Gasteiger partial charge in [0.25, 0.3) is 0 Å². The van der Waals surface area contributed by atoms with E-state index in [0.29, 0.717) is 23.0 Å². The van der Waals surface area contributed by atoms with Gasteiger partial charge in [0, 0.05) is 0 Å². The third kappa shape index (κ3) is 4.32. The largest absolute Gasteiger partial charge is 0.495 e. The van der Waals surface area contributed by atoms with E-state index < -0.39 is 30.1 Å². The average molecular weight is 420 g/mol. The third-order valence-electron chi connectivity index (χ3n) is 5.88. The maximum absolute atomic E-state index is 13.6. The normalized spacial score (nSPS) is 19.0. The first-order valence-electron chi connectivity index (χ1n) is 9.88. The molecular weight excluding hydrogens is 395 g/mol. The predicted molar refractivity (Wildman–Crippen MR) is 111 cm³/mol. The van der Waals surface area contributed by atoms with Crippen molar-refractivity contribution < 1.29 is 26.9 Å². The lowest BCUT2D eigenvalue weighted by Crippen LogP contribution is -2.41. The number of hydrogen-bond donors (Lipinski definition) is 0. The van der Waals surface area contributed by atoms with Gasteiger partial charge in [-0.2, -0.15) is 13.2 Å². The van der Waals surface area contributed by atoms with E-state index in [1.807, 2.05) is 34.6 Å². The van der Waals surface area contributed by atoms with Crippen molar-refractivity contribution in [1.82, 2.24) is 0 Å². The van der Waals surface area contributed by atoms with Crippen molar-refractivity contribution in [3.05, 3.63) is 71.0 Å². The quantitative estimate of drug-likeness (QED) is 0.308. The van der Waals surface area contributed by atoms with E-state index in [9.17, 15) is 17.6 Å². The Balaban J connectivity index is 2.16. The Hall–Kier alpha value is -2.12. The summed E-state index contributed by atoms with van der Waals surface area (Å²) < 4.78 is 65.0. The maximum Gasteiger partial charge on any atom is 0.495 e. The predicted octanol–water partition coefficient (Wildman–Crippen LogP) is 6.80. The summed E-state index contributed by atoms with van der Waals surface area (Å²) in [5.41, 5.74) is 0.917. The van der Waals surface area contributed by atoms with Crippen LogP contribution in [-0.4, -0.2) is 18.3 Å². The second kappa shape index (κ2) is 7.86. The second-order valence-electron chi connectivity index (χ2n) is 8.42. The highest BCUT2D eigenvalue weighted by Crippen LogP contribution is 2.43. The van der Waals surface area contributed by atoms with Gasteiger partial charge in [-0.25, -0.2) is 4.39 Å². The molecule has 3 rings (SSSR count). The first kappa shape index (κ1) is 22.6. The van der Waals surface area contributed by atoms with Crippen LogP contribution in [0.3, 0.4) is 0 Å². The highest BCUT2D eigenvalue weighted by Gasteiger charge is 2.53. The lowest BCUT2D eigenvalue weighted by Gasteiger charge is -2.32. The summed E-state index contributed by atoms with van der Waals surface area (Å²) in [7, 11) is -0.738. The minimum Gasteiger partial charge on any atom is -0.399 e. The summed E-state index contributed by atoms with van der Waals surface area (Å²) >= 11 is 0. The van der Waals surface area contributed by atoms with Gasteiger partial charge >= 0.3 is 13.3 Å². The smallest absolute Gasteiger partial charge is 0.399 e. The molecule has 2 aromatic rings. The fourth-order valence-electron chi connectivity index (χ4n) is 3.45. The van der Waals surface area contributed by atoms with Gasteiger partial charge in [-0.3, -0.25) is 0 Å². The molecule has 0 N–H and O–H groups in total. The van der Waals surface area contributed by atoms with Crippen molar-refractivity contribution in [2.45, 2.75) is 58.4 Å². The molecule has 0 amide bonds. The summed E-state index contributed by atoms with van der Waals surface area (Å²) in [6, 6.07) is 11.0. The van der Waals surface area contributed by atoms with Crippen molar-refractivity contribution in [2.24, 2.45) is 0 Å². The number of allylic oxidation sites excluding steroid dienone is 1. The number of halogens is 4. The van der Waals surface area contributed by atoms with Crippen LogP contribution in [0.1, 0.15) is 57.7 Å². The van der Waals surface area contributed by atoms with Gasteiger partial charge < -0.3 is 9.31 Å². The van der Waals surface area contributed by atoms with Crippen molar-refractivity contribution in [2.75, 3.05) is 0 Å². The van der Waals surface area contributed by atoms with Gasteiger partial charge in [-0.1, -0.05) is 31.2 Å². The first-order chi connectivity index (χ1) is 13.9. The zero-order valence-electron chi connectivity index (χ0n) is 17.7. The number of rotatable bonds is 4. The zero-order valence-corrected chi connectivity index (χ0v) is 17.7. The van der Waals surface area contributed by atoms with Crippen LogP contribution in [0.25, 0.3) is 11.0 Å². The van der Waals surface area contributed by atoms with E-state index in [4.69, 9.17) is 9.31 Å². The molecule has 160 valence electrons. The van der Waals surface area contributed by atoms with E-state index in [2.05, 4.69) is 0 Å². The van der Waals surface area contributed by atoms with Crippen LogP contribution in [-0.2, 0) is 15.5 Å². The Morgan fingerprint density at radius 2 is 1.30 bits per heavy atom. The Labute approximate surface area is 175 Å². The van der Waals surface area contributed by atoms with Crippen molar-refractivity contribution in [3.63, 3.8) is 0 Å². The minimum absolute atomic E-state index is 0.375. The Morgan fingerprint density at radius 3 is 1.73 bits per heavy atom. The van der Waals surface area contributed by atoms with Crippen molar-refractivity contribution in [3.8, 4) is 0 Å². The lowest BCUT2D eigenvalue weighted by molar-refractivity contribution is -0.137. The Morgan fingerprint density at radius 1 is 0.833 bits per heavy atom. The molecule has 7 heteroatoms. The first-order valence-corrected chi connectivity index (χ1v) is 9.88. The van der Waals surface area contributed by atoms with Crippen LogP contribution in [0.15, 0.2) is 48.5 Å². The fraction of sp³-hybridized carbons (Fsp3) is 0.391. The second-order valence-corrected chi connectivity index (χ2v) is 8.42. The molecule has 30 heavy (non-hydrogen) atoms. The standard InChI is InChI=1S/C23H25BF4O2/c1-6-19(15-7-11-17(12-8-15)23(26,27)28)20(16-9-13-18(25)14-10-16)24-29-21(2,3)22(4,5)30-24/h7-14H,6H2,1-5H3/b20-19-. The summed E-state index contributed by atoms with van der Waals surface area (Å²) in [5.74, 6) is -0.375. The van der Waals surface area contributed by atoms with E-state index in [1.165, 1.54) is 24.3 Å². The van der Waals surface area contributed by atoms with E-state index in [-0.39, 0.29) is 5.82 Å². The summed E-state index contributed by atoms with van der Waals surface area (Å²) in [5, 5.41) is 0. The Kier molecular flexibility index (Phi) is 5.91. The highest BCUT2D eigenvalue weighted by atomic mass is 19.4. The summed E-state index contributed by atoms with van der Waals surface area (Å²) in [6.45, 7) is 9.64. The van der Waals surface area contributed by atoms with Gasteiger partial charge in [-0.05, 0) is 80.6 Å². The zero-order chi connectivity index (χ0) is 22.3. The molecule has 1 saturated heterocycles. The van der Waals surface area contributed by atoms with Crippen LogP contribution in [0.2, 0.25) is 0 Å². The average Bonchev–Trinajstić information content (AvgIpc) is 2.87. The molecule has 2 nitrogen and oxygen atoms in total. The van der Waals surface area contributed by atoms with Crippen LogP contribution >= 0.6 is 0 Å². The molecule has 1 aliphatic heterocycles. The molecule has 0 atom stereocenters. The maximum atomic E-state index is 13.6. The van der Waals surface area contributed by atoms with Crippen LogP contribution < -0.4 is 0 Å². The molecule has 0 unspecified atom stereocenters. The van der Waals surface area contributed by atoms with Crippen molar-refractivity contribution >= 4 is 18.2 Å². The van der Waals surface area contributed by atoms with Gasteiger partial charge in [0.05, 0.1) is 16.8 Å². The molecule has 0 aliphatic carbocycles. The van der Waals surface area contributed by atoms with Crippen LogP contribution in [0, 0.1) is 5.82 Å². The summed E-state index contributed by atoms with van der Waals surface area (Å²) in [4.78, 5) is 0. The molecule has 1 aliphatic rings. The lowest BCUT2D eigenvalue weighted by atomic mass is 9.69. The van der Waals surface area contributed by atoms with Gasteiger partial charge in [-0.15, -0.1) is 0 Å². The summed E-state index contributed by atoms with van der Waals surface area (Å²) in [6.07, 6.45) is -3.87. The van der Waals surface area contributed by atoms with Crippen LogP contribution in [0.4, 0.5) is 17.6 Å². The molecule has 0 aromatic heterocycles. The highest BCUT2D eigenvalue weighted by molar-refractivity contribution is 6.71. The third-order valence-corrected chi connectivity index (χ3v) is 5.88. The molecule has 0 spiro atoms. The molecular formula is C23H25BF4O2. The molecule has 0 radical (unpaired) electrons. The molecule has 1 fully saturated rings. The monoisotopic (exact) mass is 420 g/mol. The van der Waals surface area contributed by atoms with Gasteiger partial charge in [0.1, 0.15) is 5.82 Å². The van der Waals surface area contributed by atoms with Crippen LogP contribution in [0.5, 0.6) is 0 Å². The Bertz CT molecular complexity index is 913. The van der Waals surface area contributed by atoms with E-state index >= 15 is 0 Å². The number of hydrogen-bond acceptors (Lipinski definition) is 2.